The number of fused-ring (bicyclic) bond motifs is 1. The van der Waals surface area contributed by atoms with Crippen LogP contribution in [0.25, 0.3) is 0 Å². The van der Waals surface area contributed by atoms with Gasteiger partial charge in [0.05, 0.1) is 6.61 Å². The predicted molar refractivity (Wildman–Crippen MR) is 111 cm³/mol. The fourth-order valence-corrected chi connectivity index (χ4v) is 6.11. The van der Waals surface area contributed by atoms with Crippen LogP contribution in [0.15, 0.2) is 6.07 Å². The highest BCUT2D eigenvalue weighted by atomic mass is 19.2. The summed E-state index contributed by atoms with van der Waals surface area (Å²) in [5, 5.41) is 0. The number of hydrogen-bond acceptors (Lipinski definition) is 2. The van der Waals surface area contributed by atoms with Crippen molar-refractivity contribution in [3.05, 3.63) is 23.3 Å². The molecule has 2 nitrogen and oxygen atoms in total. The Kier molecular flexibility index (Phi) is 6.66. The molecule has 1 unspecified atom stereocenters. The molecule has 2 fully saturated rings. The lowest BCUT2D eigenvalue weighted by Crippen LogP contribution is -2.35. The number of rotatable bonds is 5. The molecule has 1 aromatic carbocycles. The first kappa shape index (κ1) is 20.9. The first-order chi connectivity index (χ1) is 14.1. The summed E-state index contributed by atoms with van der Waals surface area (Å²) in [5.74, 6) is 1.54. The lowest BCUT2D eigenvalue weighted by Gasteiger charge is -2.40. The van der Waals surface area contributed by atoms with Crippen molar-refractivity contribution in [2.75, 3.05) is 6.61 Å². The molecule has 0 spiro atoms. The second kappa shape index (κ2) is 9.22. The van der Waals surface area contributed by atoms with E-state index in [1.165, 1.54) is 57.8 Å². The minimum atomic E-state index is -0.919. The van der Waals surface area contributed by atoms with E-state index >= 15 is 0 Å². The molecular weight excluding hydrogens is 370 g/mol. The van der Waals surface area contributed by atoms with Gasteiger partial charge in [0.1, 0.15) is 6.10 Å². The van der Waals surface area contributed by atoms with Crippen LogP contribution in [-0.4, -0.2) is 12.7 Å². The Hall–Kier alpha value is -1.32. The number of benzene rings is 1. The molecule has 3 aliphatic rings. The summed E-state index contributed by atoms with van der Waals surface area (Å²) in [6.45, 7) is 4.42. The van der Waals surface area contributed by atoms with Crippen molar-refractivity contribution >= 4 is 0 Å². The minimum Gasteiger partial charge on any atom is -0.491 e. The van der Waals surface area contributed by atoms with Crippen molar-refractivity contribution in [2.24, 2.45) is 23.7 Å². The van der Waals surface area contributed by atoms with Crippen molar-refractivity contribution in [1.82, 2.24) is 0 Å². The molecule has 29 heavy (non-hydrogen) atoms. The average molecular weight is 407 g/mol. The van der Waals surface area contributed by atoms with Gasteiger partial charge in [0.2, 0.25) is 11.6 Å². The maximum Gasteiger partial charge on any atom is 0.204 e. The molecule has 4 rings (SSSR count). The van der Waals surface area contributed by atoms with Gasteiger partial charge in [-0.05, 0) is 88.0 Å². The highest BCUT2D eigenvalue weighted by molar-refractivity contribution is 5.44. The van der Waals surface area contributed by atoms with E-state index in [1.54, 1.807) is 13.0 Å². The normalized spacial score (nSPS) is 32.3. The lowest BCUT2D eigenvalue weighted by atomic mass is 9.68. The summed E-state index contributed by atoms with van der Waals surface area (Å²) in [6, 6.07) is 1.62. The highest BCUT2D eigenvalue weighted by Gasteiger charge is 2.36. The molecule has 0 N–H and O–H groups in total. The van der Waals surface area contributed by atoms with Gasteiger partial charge >= 0.3 is 0 Å². The largest absolute Gasteiger partial charge is 0.491 e. The Morgan fingerprint density at radius 2 is 1.48 bits per heavy atom. The molecule has 162 valence electrons. The van der Waals surface area contributed by atoms with E-state index in [-0.39, 0.29) is 17.6 Å². The molecule has 1 aliphatic heterocycles. The van der Waals surface area contributed by atoms with Crippen molar-refractivity contribution < 1.29 is 18.3 Å². The summed E-state index contributed by atoms with van der Waals surface area (Å²) in [5.41, 5.74) is 0.741. The number of halogens is 2. The van der Waals surface area contributed by atoms with Crippen LogP contribution in [0.1, 0.15) is 83.6 Å². The third-order valence-electron chi connectivity index (χ3n) is 7.95. The smallest absolute Gasteiger partial charge is 0.204 e. The van der Waals surface area contributed by atoms with Crippen LogP contribution in [0.2, 0.25) is 0 Å². The van der Waals surface area contributed by atoms with Gasteiger partial charge in [-0.2, -0.15) is 8.78 Å². The quantitative estimate of drug-likeness (QED) is 0.520. The lowest BCUT2D eigenvalue weighted by molar-refractivity contribution is 0.0563. The Labute approximate surface area is 174 Å². The summed E-state index contributed by atoms with van der Waals surface area (Å²) in [6.07, 6.45) is 13.5. The summed E-state index contributed by atoms with van der Waals surface area (Å²) in [7, 11) is 0. The standard InChI is InChI=1S/C25H36F2O2/c1-3-16-5-7-17(8-6-16)18-9-11-19(12-10-18)21-14-13-20-15-22(28-4-2)23(26)24(27)25(20)29-21/h15-19,21H,3-14H2,1-2H3/t16-,17-,18-,19-,21?. The van der Waals surface area contributed by atoms with Crippen LogP contribution in [0, 0.1) is 35.3 Å². The molecule has 0 radical (unpaired) electrons. The van der Waals surface area contributed by atoms with E-state index in [2.05, 4.69) is 6.92 Å². The molecular formula is C25H36F2O2. The van der Waals surface area contributed by atoms with E-state index in [0.29, 0.717) is 12.5 Å². The zero-order valence-electron chi connectivity index (χ0n) is 18.0. The number of ether oxygens (including phenoxy) is 2. The molecule has 4 heteroatoms. The maximum absolute atomic E-state index is 14.6. The molecule has 1 atom stereocenters. The molecule has 2 aliphatic carbocycles. The van der Waals surface area contributed by atoms with Crippen LogP contribution >= 0.6 is 0 Å². The molecule has 0 aromatic heterocycles. The number of hydrogen-bond donors (Lipinski definition) is 0. The van der Waals surface area contributed by atoms with Crippen LogP contribution in [0.4, 0.5) is 8.78 Å². The van der Waals surface area contributed by atoms with Crippen LogP contribution in [0.3, 0.4) is 0 Å². The van der Waals surface area contributed by atoms with Crippen molar-refractivity contribution in [3.8, 4) is 11.5 Å². The van der Waals surface area contributed by atoms with Gasteiger partial charge in [0.25, 0.3) is 0 Å². The third kappa shape index (κ3) is 4.41. The van der Waals surface area contributed by atoms with Gasteiger partial charge in [0, 0.05) is 5.56 Å². The van der Waals surface area contributed by atoms with Gasteiger partial charge in [-0.25, -0.2) is 0 Å². The van der Waals surface area contributed by atoms with Gasteiger partial charge < -0.3 is 9.47 Å². The van der Waals surface area contributed by atoms with Gasteiger partial charge in [0.15, 0.2) is 11.5 Å². The van der Waals surface area contributed by atoms with Crippen LogP contribution < -0.4 is 9.47 Å². The highest BCUT2D eigenvalue weighted by Crippen LogP contribution is 2.45. The molecule has 0 saturated heterocycles. The zero-order valence-corrected chi connectivity index (χ0v) is 18.0. The van der Waals surface area contributed by atoms with E-state index in [1.807, 2.05) is 0 Å². The SMILES string of the molecule is CCOc1cc2c(c(F)c1F)OC([C@H]1CC[C@H]([C@H]3CC[C@H](CC)CC3)CC1)CC2. The molecule has 1 heterocycles. The second-order valence-electron chi connectivity index (χ2n) is 9.48. The molecule has 0 amide bonds. The monoisotopic (exact) mass is 406 g/mol. The molecule has 2 saturated carbocycles. The third-order valence-corrected chi connectivity index (χ3v) is 7.95. The van der Waals surface area contributed by atoms with E-state index in [9.17, 15) is 8.78 Å². The van der Waals surface area contributed by atoms with Crippen molar-refractivity contribution in [1.29, 1.82) is 0 Å². The zero-order chi connectivity index (χ0) is 20.4. The van der Waals surface area contributed by atoms with Gasteiger partial charge in [-0.3, -0.25) is 0 Å². The second-order valence-corrected chi connectivity index (χ2v) is 9.48. The fourth-order valence-electron chi connectivity index (χ4n) is 6.11. The number of aryl methyl sites for hydroxylation is 1. The predicted octanol–water partition coefficient (Wildman–Crippen LogP) is 7.08. The van der Waals surface area contributed by atoms with Crippen LogP contribution in [0.5, 0.6) is 11.5 Å². The first-order valence-electron chi connectivity index (χ1n) is 11.9. The Bertz CT molecular complexity index is 689. The van der Waals surface area contributed by atoms with Crippen molar-refractivity contribution in [2.45, 2.75) is 90.6 Å². The van der Waals surface area contributed by atoms with E-state index in [0.717, 1.165) is 36.2 Å². The summed E-state index contributed by atoms with van der Waals surface area (Å²) in [4.78, 5) is 0. The van der Waals surface area contributed by atoms with Crippen LogP contribution in [-0.2, 0) is 6.42 Å². The molecule has 0 bridgehead atoms. The average Bonchev–Trinajstić information content (AvgIpc) is 2.77. The van der Waals surface area contributed by atoms with Crippen molar-refractivity contribution in [3.63, 3.8) is 0 Å². The minimum absolute atomic E-state index is 0.00380. The van der Waals surface area contributed by atoms with E-state index in [4.69, 9.17) is 9.47 Å². The van der Waals surface area contributed by atoms with Gasteiger partial charge in [-0.15, -0.1) is 0 Å². The Balaban J connectivity index is 1.34. The maximum atomic E-state index is 14.6. The summed E-state index contributed by atoms with van der Waals surface area (Å²) >= 11 is 0. The van der Waals surface area contributed by atoms with E-state index < -0.39 is 11.6 Å². The first-order valence-corrected chi connectivity index (χ1v) is 11.9. The Morgan fingerprint density at radius 3 is 2.10 bits per heavy atom. The topological polar surface area (TPSA) is 18.5 Å². The van der Waals surface area contributed by atoms with Gasteiger partial charge in [-0.1, -0.05) is 26.2 Å². The fraction of sp³-hybridized carbons (Fsp3) is 0.760. The Morgan fingerprint density at radius 1 is 0.862 bits per heavy atom. The summed E-state index contributed by atoms with van der Waals surface area (Å²) < 4.78 is 40.2. The molecule has 1 aromatic rings.